The lowest BCUT2D eigenvalue weighted by Crippen LogP contribution is -2.48. The monoisotopic (exact) mass is 346 g/mol. The van der Waals surface area contributed by atoms with Crippen LogP contribution in [0, 0.1) is 0 Å². The molecule has 2 rings (SSSR count). The zero-order valence-electron chi connectivity index (χ0n) is 15.3. The first kappa shape index (κ1) is 19.1. The van der Waals surface area contributed by atoms with Crippen LogP contribution in [-0.4, -0.2) is 49.2 Å². The number of hydrogen-bond donors (Lipinski definition) is 2. The summed E-state index contributed by atoms with van der Waals surface area (Å²) in [6.45, 7) is 6.44. The molecule has 1 amide bonds. The quantitative estimate of drug-likeness (QED) is 0.612. The van der Waals surface area contributed by atoms with Crippen LogP contribution in [0.15, 0.2) is 29.3 Å². The summed E-state index contributed by atoms with van der Waals surface area (Å²) in [5.41, 5.74) is 8.61. The molecule has 1 fully saturated rings. The SMILES string of the molecule is CCOC(=O)N1CCC(NC(N)=NCCc2ccc(CC)cc2)CC1. The Bertz CT molecular complexity index is 563. The third-order valence-corrected chi connectivity index (χ3v) is 4.49. The first-order chi connectivity index (χ1) is 12.1. The normalized spacial score (nSPS) is 15.9. The summed E-state index contributed by atoms with van der Waals surface area (Å²) in [7, 11) is 0. The van der Waals surface area contributed by atoms with E-state index in [4.69, 9.17) is 10.5 Å². The van der Waals surface area contributed by atoms with Gasteiger partial charge in [-0.05, 0) is 43.7 Å². The van der Waals surface area contributed by atoms with Crippen molar-refractivity contribution in [1.82, 2.24) is 10.2 Å². The molecule has 138 valence electrons. The number of aliphatic imine (C=N–C) groups is 1. The van der Waals surface area contributed by atoms with Crippen LogP contribution in [0.5, 0.6) is 0 Å². The van der Waals surface area contributed by atoms with Crippen molar-refractivity contribution in [1.29, 1.82) is 0 Å². The third kappa shape index (κ3) is 6.29. The Hall–Kier alpha value is -2.24. The molecule has 0 aliphatic carbocycles. The molecule has 25 heavy (non-hydrogen) atoms. The standard InChI is InChI=1S/C19H30N4O2/c1-3-15-5-7-16(8-6-15)9-12-21-18(20)22-17-10-13-23(14-11-17)19(24)25-4-2/h5-8,17H,3-4,9-14H2,1-2H3,(H3,20,21,22). The van der Waals surface area contributed by atoms with Crippen LogP contribution in [0.25, 0.3) is 0 Å². The van der Waals surface area contributed by atoms with E-state index in [9.17, 15) is 4.79 Å². The highest BCUT2D eigenvalue weighted by Gasteiger charge is 2.23. The summed E-state index contributed by atoms with van der Waals surface area (Å²) in [5, 5.41) is 3.26. The average molecular weight is 346 g/mol. The van der Waals surface area contributed by atoms with E-state index in [0.29, 0.717) is 32.2 Å². The highest BCUT2D eigenvalue weighted by Crippen LogP contribution is 2.11. The molecule has 0 aromatic heterocycles. The van der Waals surface area contributed by atoms with Gasteiger partial charge in [0.05, 0.1) is 6.61 Å². The minimum Gasteiger partial charge on any atom is -0.450 e. The van der Waals surface area contributed by atoms with E-state index >= 15 is 0 Å². The van der Waals surface area contributed by atoms with Gasteiger partial charge in [-0.1, -0.05) is 31.2 Å². The Balaban J connectivity index is 1.70. The number of nitrogens with zero attached hydrogens (tertiary/aromatic N) is 2. The number of nitrogens with two attached hydrogens (primary N) is 1. The van der Waals surface area contributed by atoms with Gasteiger partial charge < -0.3 is 20.7 Å². The molecule has 1 aromatic carbocycles. The van der Waals surface area contributed by atoms with Crippen molar-refractivity contribution in [3.8, 4) is 0 Å². The first-order valence-electron chi connectivity index (χ1n) is 9.18. The maximum atomic E-state index is 11.7. The van der Waals surface area contributed by atoms with Crippen molar-refractivity contribution in [2.75, 3.05) is 26.2 Å². The summed E-state index contributed by atoms with van der Waals surface area (Å²) in [5.74, 6) is 0.486. The molecule has 1 aliphatic heterocycles. The van der Waals surface area contributed by atoms with Crippen molar-refractivity contribution < 1.29 is 9.53 Å². The average Bonchev–Trinajstić information content (AvgIpc) is 2.63. The maximum Gasteiger partial charge on any atom is 0.409 e. The van der Waals surface area contributed by atoms with Gasteiger partial charge in [-0.2, -0.15) is 0 Å². The smallest absolute Gasteiger partial charge is 0.409 e. The molecule has 6 heteroatoms. The number of carbonyl (C=O) groups excluding carboxylic acids is 1. The summed E-state index contributed by atoms with van der Waals surface area (Å²) in [6, 6.07) is 8.90. The number of amides is 1. The Kier molecular flexibility index (Phi) is 7.57. The number of benzene rings is 1. The molecular weight excluding hydrogens is 316 g/mol. The van der Waals surface area contributed by atoms with E-state index < -0.39 is 0 Å². The van der Waals surface area contributed by atoms with Gasteiger partial charge in [0.15, 0.2) is 5.96 Å². The number of carbonyl (C=O) groups is 1. The molecule has 0 spiro atoms. The van der Waals surface area contributed by atoms with E-state index in [0.717, 1.165) is 25.7 Å². The topological polar surface area (TPSA) is 80.0 Å². The molecule has 0 bridgehead atoms. The van der Waals surface area contributed by atoms with Crippen molar-refractivity contribution >= 4 is 12.1 Å². The van der Waals surface area contributed by atoms with Gasteiger partial charge in [0.1, 0.15) is 0 Å². The third-order valence-electron chi connectivity index (χ3n) is 4.49. The number of aryl methyl sites for hydroxylation is 1. The van der Waals surface area contributed by atoms with Crippen LogP contribution in [-0.2, 0) is 17.6 Å². The van der Waals surface area contributed by atoms with Crippen molar-refractivity contribution in [3.63, 3.8) is 0 Å². The molecule has 0 unspecified atom stereocenters. The van der Waals surface area contributed by atoms with Gasteiger partial charge in [-0.25, -0.2) is 4.79 Å². The number of piperidine rings is 1. The van der Waals surface area contributed by atoms with Crippen molar-refractivity contribution in [2.45, 2.75) is 45.6 Å². The van der Waals surface area contributed by atoms with E-state index in [1.54, 1.807) is 4.90 Å². The minimum absolute atomic E-state index is 0.225. The summed E-state index contributed by atoms with van der Waals surface area (Å²) in [4.78, 5) is 17.8. The second kappa shape index (κ2) is 9.91. The summed E-state index contributed by atoms with van der Waals surface area (Å²) < 4.78 is 5.03. The summed E-state index contributed by atoms with van der Waals surface area (Å²) in [6.07, 6.45) is 3.43. The first-order valence-corrected chi connectivity index (χ1v) is 9.18. The Labute approximate surface area is 150 Å². The van der Waals surface area contributed by atoms with Gasteiger partial charge >= 0.3 is 6.09 Å². The minimum atomic E-state index is -0.225. The molecule has 1 aliphatic rings. The lowest BCUT2D eigenvalue weighted by atomic mass is 10.1. The van der Waals surface area contributed by atoms with Gasteiger partial charge in [0.25, 0.3) is 0 Å². The van der Waals surface area contributed by atoms with Gasteiger partial charge in [0.2, 0.25) is 0 Å². The highest BCUT2D eigenvalue weighted by molar-refractivity contribution is 5.78. The molecule has 0 atom stereocenters. The molecule has 1 saturated heterocycles. The number of guanidine groups is 1. The Morgan fingerprint density at radius 1 is 1.24 bits per heavy atom. The zero-order chi connectivity index (χ0) is 18.1. The van der Waals surface area contributed by atoms with Gasteiger partial charge in [-0.15, -0.1) is 0 Å². The maximum absolute atomic E-state index is 11.7. The number of likely N-dealkylation sites (tertiary alicyclic amines) is 1. The number of hydrogen-bond acceptors (Lipinski definition) is 3. The van der Waals surface area contributed by atoms with E-state index in [1.807, 2.05) is 6.92 Å². The van der Waals surface area contributed by atoms with Crippen molar-refractivity contribution in [3.05, 3.63) is 35.4 Å². The van der Waals surface area contributed by atoms with Crippen LogP contribution >= 0.6 is 0 Å². The van der Waals surface area contributed by atoms with Gasteiger partial charge in [-0.3, -0.25) is 4.99 Å². The van der Waals surface area contributed by atoms with Gasteiger partial charge in [0, 0.05) is 25.7 Å². The lowest BCUT2D eigenvalue weighted by Gasteiger charge is -2.31. The van der Waals surface area contributed by atoms with E-state index in [-0.39, 0.29) is 12.1 Å². The summed E-state index contributed by atoms with van der Waals surface area (Å²) >= 11 is 0. The molecule has 0 saturated carbocycles. The van der Waals surface area contributed by atoms with E-state index in [1.165, 1.54) is 11.1 Å². The fourth-order valence-electron chi connectivity index (χ4n) is 2.92. The van der Waals surface area contributed by atoms with E-state index in [2.05, 4.69) is 41.5 Å². The van der Waals surface area contributed by atoms with Crippen LogP contribution in [0.1, 0.15) is 37.8 Å². The van der Waals surface area contributed by atoms with Crippen LogP contribution in [0.2, 0.25) is 0 Å². The molecule has 3 N–H and O–H groups in total. The van der Waals surface area contributed by atoms with Crippen LogP contribution < -0.4 is 11.1 Å². The Morgan fingerprint density at radius 3 is 2.48 bits per heavy atom. The van der Waals surface area contributed by atoms with Crippen molar-refractivity contribution in [2.24, 2.45) is 10.7 Å². The largest absolute Gasteiger partial charge is 0.450 e. The fourth-order valence-corrected chi connectivity index (χ4v) is 2.92. The van der Waals surface area contributed by atoms with Crippen LogP contribution in [0.3, 0.4) is 0 Å². The molecule has 1 heterocycles. The highest BCUT2D eigenvalue weighted by atomic mass is 16.6. The predicted octanol–water partition coefficient (Wildman–Crippen LogP) is 2.32. The molecule has 0 radical (unpaired) electrons. The second-order valence-corrected chi connectivity index (χ2v) is 6.29. The number of ether oxygens (including phenoxy) is 1. The molecule has 1 aromatic rings. The van der Waals surface area contributed by atoms with Crippen LogP contribution in [0.4, 0.5) is 4.79 Å². The predicted molar refractivity (Wildman–Crippen MR) is 101 cm³/mol. The fraction of sp³-hybridized carbons (Fsp3) is 0.579. The zero-order valence-corrected chi connectivity index (χ0v) is 15.3. The molecular formula is C19H30N4O2. The number of rotatable bonds is 6. The Morgan fingerprint density at radius 2 is 1.88 bits per heavy atom. The second-order valence-electron chi connectivity index (χ2n) is 6.29. The number of nitrogens with one attached hydrogen (secondary N) is 1. The molecule has 6 nitrogen and oxygen atoms in total. The lowest BCUT2D eigenvalue weighted by molar-refractivity contribution is 0.0963.